The van der Waals surface area contributed by atoms with Crippen molar-refractivity contribution in [3.63, 3.8) is 0 Å². The quantitative estimate of drug-likeness (QED) is 0.269. The normalized spacial score (nSPS) is 11.1. The average molecular weight is 478 g/mol. The highest BCUT2D eigenvalue weighted by atomic mass is 35.5. The number of carbonyl (C=O) groups is 1. The summed E-state index contributed by atoms with van der Waals surface area (Å²) in [6, 6.07) is 11.9. The summed E-state index contributed by atoms with van der Waals surface area (Å²) >= 11 is 5.89. The van der Waals surface area contributed by atoms with E-state index in [4.69, 9.17) is 21.3 Å². The van der Waals surface area contributed by atoms with Gasteiger partial charge in [0.2, 0.25) is 5.95 Å². The van der Waals surface area contributed by atoms with E-state index < -0.39 is 11.8 Å². The zero-order chi connectivity index (χ0) is 24.1. The first-order valence-corrected chi connectivity index (χ1v) is 10.9. The molecule has 0 unspecified atom stereocenters. The highest BCUT2D eigenvalue weighted by Gasteiger charge is 2.14. The van der Waals surface area contributed by atoms with Gasteiger partial charge in [-0.1, -0.05) is 29.8 Å². The number of esters is 1. The molecular formula is C25H21ClFN5O2. The Morgan fingerprint density at radius 2 is 2.09 bits per heavy atom. The number of nitrogens with one attached hydrogen (secondary N) is 1. The summed E-state index contributed by atoms with van der Waals surface area (Å²) in [5, 5.41) is 3.06. The number of hydrogen-bond donors (Lipinski definition) is 1. The Balaban J connectivity index is 1.73. The number of ether oxygens (including phenoxy) is 1. The van der Waals surface area contributed by atoms with Crippen molar-refractivity contribution in [2.75, 3.05) is 11.9 Å². The molecule has 2 aromatic heterocycles. The van der Waals surface area contributed by atoms with Crippen LogP contribution in [0.3, 0.4) is 0 Å². The molecule has 0 aliphatic heterocycles. The number of benzene rings is 2. The van der Waals surface area contributed by atoms with E-state index in [-0.39, 0.29) is 5.02 Å². The summed E-state index contributed by atoms with van der Waals surface area (Å²) in [5.74, 6) is 0.756. The average Bonchev–Trinajstić information content (AvgIpc) is 3.26. The molecule has 4 rings (SSSR count). The Morgan fingerprint density at radius 1 is 1.24 bits per heavy atom. The van der Waals surface area contributed by atoms with Crippen LogP contribution in [-0.4, -0.2) is 32.1 Å². The van der Waals surface area contributed by atoms with Crippen molar-refractivity contribution in [1.29, 1.82) is 0 Å². The number of nitrogens with zero attached hydrogens (tertiary/aromatic N) is 4. The second-order valence-corrected chi connectivity index (χ2v) is 7.65. The van der Waals surface area contributed by atoms with Crippen LogP contribution in [0, 0.1) is 12.7 Å². The van der Waals surface area contributed by atoms with Crippen LogP contribution in [0.5, 0.6) is 0 Å². The zero-order valence-electron chi connectivity index (χ0n) is 18.5. The molecule has 0 radical (unpaired) electrons. The topological polar surface area (TPSA) is 81.9 Å². The lowest BCUT2D eigenvalue weighted by Gasteiger charge is -2.14. The molecule has 172 valence electrons. The molecule has 1 N–H and O–H groups in total. The molecule has 7 nitrogen and oxygen atoms in total. The lowest BCUT2D eigenvalue weighted by Crippen LogP contribution is -2.06. The summed E-state index contributed by atoms with van der Waals surface area (Å²) in [6.45, 7) is 3.95. The first-order valence-electron chi connectivity index (χ1n) is 10.5. The van der Waals surface area contributed by atoms with Gasteiger partial charge in [-0.25, -0.2) is 19.2 Å². The van der Waals surface area contributed by atoms with Crippen molar-refractivity contribution >= 4 is 35.3 Å². The van der Waals surface area contributed by atoms with Gasteiger partial charge >= 0.3 is 5.97 Å². The van der Waals surface area contributed by atoms with Gasteiger partial charge in [0, 0.05) is 35.9 Å². The van der Waals surface area contributed by atoms with Crippen molar-refractivity contribution in [3.05, 3.63) is 89.4 Å². The molecule has 0 saturated carbocycles. The van der Waals surface area contributed by atoms with Crippen molar-refractivity contribution in [3.8, 4) is 16.9 Å². The predicted octanol–water partition coefficient (Wildman–Crippen LogP) is 5.75. The molecule has 0 bridgehead atoms. The van der Waals surface area contributed by atoms with Crippen LogP contribution in [0.4, 0.5) is 16.0 Å². The van der Waals surface area contributed by atoms with Gasteiger partial charge in [0.05, 0.1) is 11.6 Å². The molecule has 2 aromatic carbocycles. The number of carbonyl (C=O) groups excluding carboxylic acids is 1. The molecule has 34 heavy (non-hydrogen) atoms. The lowest BCUT2D eigenvalue weighted by atomic mass is 10.0. The third-order valence-electron chi connectivity index (χ3n) is 4.89. The van der Waals surface area contributed by atoms with Gasteiger partial charge < -0.3 is 10.1 Å². The van der Waals surface area contributed by atoms with Crippen LogP contribution in [0.2, 0.25) is 5.02 Å². The van der Waals surface area contributed by atoms with E-state index in [0.717, 1.165) is 22.5 Å². The van der Waals surface area contributed by atoms with Crippen LogP contribution >= 0.6 is 11.6 Å². The van der Waals surface area contributed by atoms with Crippen LogP contribution in [0.25, 0.3) is 23.0 Å². The first kappa shape index (κ1) is 23.1. The van der Waals surface area contributed by atoms with Gasteiger partial charge in [-0.05, 0) is 55.3 Å². The molecular weight excluding hydrogens is 457 g/mol. The molecule has 2 heterocycles. The van der Waals surface area contributed by atoms with Gasteiger partial charge in [-0.2, -0.15) is 4.98 Å². The monoisotopic (exact) mass is 477 g/mol. The molecule has 0 atom stereocenters. The Bertz CT molecular complexity index is 1370. The first-order chi connectivity index (χ1) is 16.4. The standard InChI is InChI=1S/C25H21ClFN5O2/c1-3-34-23(33)10-7-17-5-4-6-18(13-17)20-15-29-25(30-19-8-9-22(27)21(26)14-19)31-24(20)32-12-11-28-16(32)2/h4-15H,3H2,1-2H3,(H,29,30,31)/b10-7+. The number of aryl methyl sites for hydroxylation is 1. The second kappa shape index (κ2) is 10.3. The van der Waals surface area contributed by atoms with Crippen LogP contribution in [-0.2, 0) is 9.53 Å². The van der Waals surface area contributed by atoms with Crippen LogP contribution in [0.15, 0.2) is 67.1 Å². The molecule has 0 aliphatic carbocycles. The molecule has 0 spiro atoms. The molecule has 0 aliphatic rings. The number of rotatable bonds is 7. The van der Waals surface area contributed by atoms with E-state index in [1.165, 1.54) is 18.2 Å². The molecule has 0 saturated heterocycles. The Morgan fingerprint density at radius 3 is 2.82 bits per heavy atom. The van der Waals surface area contributed by atoms with E-state index in [1.807, 2.05) is 42.0 Å². The van der Waals surface area contributed by atoms with Crippen LogP contribution in [0.1, 0.15) is 18.3 Å². The van der Waals surface area contributed by atoms with Gasteiger partial charge in [0.25, 0.3) is 0 Å². The summed E-state index contributed by atoms with van der Waals surface area (Å²) in [5.41, 5.74) is 2.99. The smallest absolute Gasteiger partial charge is 0.330 e. The summed E-state index contributed by atoms with van der Waals surface area (Å²) in [4.78, 5) is 25.1. The van der Waals surface area contributed by atoms with Crippen molar-refractivity contribution in [2.45, 2.75) is 13.8 Å². The van der Waals surface area contributed by atoms with E-state index in [0.29, 0.717) is 24.1 Å². The number of hydrogen-bond acceptors (Lipinski definition) is 6. The van der Waals surface area contributed by atoms with Crippen molar-refractivity contribution < 1.29 is 13.9 Å². The minimum Gasteiger partial charge on any atom is -0.463 e. The molecule has 4 aromatic rings. The summed E-state index contributed by atoms with van der Waals surface area (Å²) < 4.78 is 20.3. The molecule has 9 heteroatoms. The fourth-order valence-corrected chi connectivity index (χ4v) is 3.47. The minimum absolute atomic E-state index is 0.0000133. The Labute approximate surface area is 200 Å². The van der Waals surface area contributed by atoms with Crippen molar-refractivity contribution in [1.82, 2.24) is 19.5 Å². The SMILES string of the molecule is CCOC(=O)/C=C/c1cccc(-c2cnc(Nc3ccc(F)c(Cl)c3)nc2-n2ccnc2C)c1. The van der Waals surface area contributed by atoms with Gasteiger partial charge in [-0.15, -0.1) is 0 Å². The third kappa shape index (κ3) is 5.29. The number of halogens is 2. The molecule has 0 amide bonds. The van der Waals surface area contributed by atoms with Gasteiger partial charge in [0.1, 0.15) is 11.6 Å². The van der Waals surface area contributed by atoms with E-state index in [9.17, 15) is 9.18 Å². The highest BCUT2D eigenvalue weighted by molar-refractivity contribution is 6.31. The maximum atomic E-state index is 13.5. The van der Waals surface area contributed by atoms with Gasteiger partial charge in [0.15, 0.2) is 5.82 Å². The number of imidazole rings is 1. The summed E-state index contributed by atoms with van der Waals surface area (Å²) in [7, 11) is 0. The minimum atomic E-state index is -0.505. The lowest BCUT2D eigenvalue weighted by molar-refractivity contribution is -0.137. The second-order valence-electron chi connectivity index (χ2n) is 7.24. The van der Waals surface area contributed by atoms with Gasteiger partial charge in [-0.3, -0.25) is 4.57 Å². The predicted molar refractivity (Wildman–Crippen MR) is 130 cm³/mol. The Hall–Kier alpha value is -4.04. The maximum Gasteiger partial charge on any atom is 0.330 e. The van der Waals surface area contributed by atoms with E-state index in [2.05, 4.69) is 15.3 Å². The largest absolute Gasteiger partial charge is 0.463 e. The van der Waals surface area contributed by atoms with E-state index >= 15 is 0 Å². The summed E-state index contributed by atoms with van der Waals surface area (Å²) in [6.07, 6.45) is 8.28. The molecule has 0 fully saturated rings. The highest BCUT2D eigenvalue weighted by Crippen LogP contribution is 2.29. The fourth-order valence-electron chi connectivity index (χ4n) is 3.29. The third-order valence-corrected chi connectivity index (χ3v) is 5.18. The maximum absolute atomic E-state index is 13.5. The van der Waals surface area contributed by atoms with Crippen LogP contribution < -0.4 is 5.32 Å². The fraction of sp³-hybridized carbons (Fsp3) is 0.120. The number of anilines is 2. The van der Waals surface area contributed by atoms with E-state index in [1.54, 1.807) is 31.5 Å². The number of aromatic nitrogens is 4. The Kier molecular flexibility index (Phi) is 6.98. The van der Waals surface area contributed by atoms with Crippen molar-refractivity contribution in [2.24, 2.45) is 0 Å². The zero-order valence-corrected chi connectivity index (χ0v) is 19.3.